The van der Waals surface area contributed by atoms with Crippen LogP contribution in [0.5, 0.6) is 0 Å². The highest BCUT2D eigenvalue weighted by atomic mass is 32.2. The summed E-state index contributed by atoms with van der Waals surface area (Å²) in [5.41, 5.74) is 0.899. The van der Waals surface area contributed by atoms with Crippen molar-refractivity contribution >= 4 is 48.9 Å². The van der Waals surface area contributed by atoms with Gasteiger partial charge in [0.15, 0.2) is 11.7 Å². The van der Waals surface area contributed by atoms with Crippen LogP contribution in [-0.4, -0.2) is 51.6 Å². The first-order valence-electron chi connectivity index (χ1n) is 13.8. The van der Waals surface area contributed by atoms with E-state index in [4.69, 9.17) is 0 Å². The Bertz CT molecular complexity index is 1840. The summed E-state index contributed by atoms with van der Waals surface area (Å²) in [5.74, 6) is 0.868. The van der Waals surface area contributed by atoms with E-state index in [-0.39, 0.29) is 64.0 Å². The number of hydrogen-bond donors (Lipinski definition) is 2. The highest BCUT2D eigenvalue weighted by molar-refractivity contribution is 7.92. The SMILES string of the molecule is CS(=O)(=O)Nc1ccc2c(c1)S(=O)(=O)N=C(C1C(=O)C3C4C5C6C7C4C7C(C56)C3N(Cc3ccc(F)cc3)C1=O)N2. The highest BCUT2D eigenvalue weighted by Crippen LogP contribution is 2.93. The molecule has 6 saturated carbocycles. The third-order valence-electron chi connectivity index (χ3n) is 10.9. The predicted octanol–water partition coefficient (Wildman–Crippen LogP) is 1.92. The number of fused-ring (bicyclic) bond motifs is 1. The van der Waals surface area contributed by atoms with Crippen LogP contribution in [0, 0.1) is 65.0 Å². The number of nitrogens with zero attached hydrogens (tertiary/aromatic N) is 2. The molecule has 13 heteroatoms. The maximum absolute atomic E-state index is 14.3. The van der Waals surface area contributed by atoms with Crippen LogP contribution in [0.1, 0.15) is 5.56 Å². The quantitative estimate of drug-likeness (QED) is 0.503. The normalized spacial score (nSPS) is 41.3. The molecule has 6 aliphatic carbocycles. The van der Waals surface area contributed by atoms with Crippen LogP contribution in [0.4, 0.5) is 15.8 Å². The molecule has 41 heavy (non-hydrogen) atoms. The number of nitrogens with one attached hydrogen (secondary N) is 2. The predicted molar refractivity (Wildman–Crippen MR) is 144 cm³/mol. The molecule has 2 aliphatic heterocycles. The fourth-order valence-electron chi connectivity index (χ4n) is 9.95. The molecule has 2 N–H and O–H groups in total. The lowest BCUT2D eigenvalue weighted by molar-refractivity contribution is -0.163. The van der Waals surface area contributed by atoms with Gasteiger partial charge >= 0.3 is 0 Å². The number of rotatable bonds is 5. The van der Waals surface area contributed by atoms with Crippen molar-refractivity contribution in [2.45, 2.75) is 17.5 Å². The second kappa shape index (κ2) is 7.35. The number of sulfonamides is 2. The standard InChI is InChI=1S/C28H25FN4O6S2/c1-40(36,37)31-12-6-7-13-14(8-12)41(38,39)32-27(30-13)24-26(34)23-21-17-15-16-18(21)20(16)22(19(15)17)25(23)33(28(24)35)9-10-2-4-11(29)5-3-10/h2-8,15-25,31H,9H2,1H3,(H,30,32). The summed E-state index contributed by atoms with van der Waals surface area (Å²) < 4.78 is 69.8. The molecule has 10 rings (SSSR count). The van der Waals surface area contributed by atoms with Crippen molar-refractivity contribution in [1.29, 1.82) is 0 Å². The largest absolute Gasteiger partial charge is 0.341 e. The fraction of sp³-hybridized carbons (Fsp3) is 0.464. The van der Waals surface area contributed by atoms with Crippen LogP contribution < -0.4 is 10.0 Å². The van der Waals surface area contributed by atoms with Crippen LogP contribution >= 0.6 is 0 Å². The van der Waals surface area contributed by atoms with Crippen molar-refractivity contribution in [3.63, 3.8) is 0 Å². The molecule has 9 unspecified atom stereocenters. The average Bonchev–Trinajstić information content (AvgIpc) is 3.75. The molecule has 2 aromatic rings. The van der Waals surface area contributed by atoms with Gasteiger partial charge in [0.1, 0.15) is 16.5 Å². The molecular weight excluding hydrogens is 571 g/mol. The molecule has 2 heterocycles. The number of carbonyl (C=O) groups excluding carboxylic acids is 2. The van der Waals surface area contributed by atoms with Crippen LogP contribution in [0.25, 0.3) is 0 Å². The minimum absolute atomic E-state index is 0.0483. The second-order valence-electron chi connectivity index (χ2n) is 12.7. The number of amides is 1. The van der Waals surface area contributed by atoms with Gasteiger partial charge < -0.3 is 10.2 Å². The van der Waals surface area contributed by atoms with Crippen LogP contribution in [0.2, 0.25) is 0 Å². The molecule has 1 amide bonds. The van der Waals surface area contributed by atoms with Gasteiger partial charge in [0.25, 0.3) is 10.0 Å². The topological polar surface area (TPSA) is 142 Å². The van der Waals surface area contributed by atoms with Gasteiger partial charge in [-0.2, -0.15) is 8.42 Å². The van der Waals surface area contributed by atoms with Crippen molar-refractivity contribution in [2.24, 2.45) is 63.6 Å². The third-order valence-corrected chi connectivity index (χ3v) is 12.8. The zero-order chi connectivity index (χ0) is 28.3. The number of ketones is 1. The molecule has 9 atom stereocenters. The number of piperidine rings is 1. The summed E-state index contributed by atoms with van der Waals surface area (Å²) in [6.45, 7) is 0.203. The van der Waals surface area contributed by atoms with E-state index in [2.05, 4.69) is 14.4 Å². The molecular formula is C28H25FN4O6S2. The van der Waals surface area contributed by atoms with E-state index in [1.54, 1.807) is 17.0 Å². The number of likely N-dealkylation sites (tertiary alicyclic amines) is 1. The van der Waals surface area contributed by atoms with Gasteiger partial charge in [0.05, 0.1) is 11.9 Å². The maximum Gasteiger partial charge on any atom is 0.286 e. The van der Waals surface area contributed by atoms with E-state index < -0.39 is 31.9 Å². The van der Waals surface area contributed by atoms with Gasteiger partial charge in [-0.05, 0) is 83.2 Å². The minimum atomic E-state index is -4.36. The van der Waals surface area contributed by atoms with E-state index in [1.165, 1.54) is 24.3 Å². The monoisotopic (exact) mass is 596 g/mol. The number of halogens is 1. The van der Waals surface area contributed by atoms with Crippen molar-refractivity contribution < 1.29 is 30.8 Å². The van der Waals surface area contributed by atoms with Gasteiger partial charge in [-0.3, -0.25) is 14.3 Å². The summed E-state index contributed by atoms with van der Waals surface area (Å²) in [6, 6.07) is 9.67. The van der Waals surface area contributed by atoms with E-state index >= 15 is 0 Å². The second-order valence-corrected chi connectivity index (χ2v) is 16.0. The molecule has 2 aromatic carbocycles. The molecule has 10 nitrogen and oxygen atoms in total. The number of anilines is 2. The Morgan fingerprint density at radius 2 is 1.59 bits per heavy atom. The van der Waals surface area contributed by atoms with E-state index in [9.17, 15) is 30.8 Å². The average molecular weight is 597 g/mol. The number of benzene rings is 2. The van der Waals surface area contributed by atoms with Crippen molar-refractivity contribution in [3.8, 4) is 0 Å². The molecule has 1 saturated heterocycles. The van der Waals surface area contributed by atoms with Crippen LogP contribution in [0.3, 0.4) is 0 Å². The molecule has 212 valence electrons. The Hall–Kier alpha value is -3.32. The zero-order valence-electron chi connectivity index (χ0n) is 21.6. The van der Waals surface area contributed by atoms with Crippen molar-refractivity contribution in [2.75, 3.05) is 16.3 Å². The molecule has 2 bridgehead atoms. The Kier molecular flexibility index (Phi) is 4.36. The smallest absolute Gasteiger partial charge is 0.286 e. The number of carbonyl (C=O) groups is 2. The first-order valence-corrected chi connectivity index (χ1v) is 17.1. The first-order chi connectivity index (χ1) is 19.4. The van der Waals surface area contributed by atoms with Crippen molar-refractivity contribution in [1.82, 2.24) is 4.90 Å². The fourth-order valence-corrected chi connectivity index (χ4v) is 11.7. The number of Topliss-reactive ketones (excluding diaryl/α,β-unsaturated/α-hetero) is 1. The Labute approximate surface area is 235 Å². The molecule has 0 spiro atoms. The third kappa shape index (κ3) is 3.08. The Morgan fingerprint density at radius 3 is 2.24 bits per heavy atom. The molecule has 0 radical (unpaired) electrons. The van der Waals surface area contributed by atoms with Gasteiger partial charge in [0, 0.05) is 24.2 Å². The Morgan fingerprint density at radius 1 is 0.951 bits per heavy atom. The zero-order valence-corrected chi connectivity index (χ0v) is 23.3. The molecule has 0 aromatic heterocycles. The van der Waals surface area contributed by atoms with Crippen LogP contribution in [0.15, 0.2) is 51.8 Å². The Balaban J connectivity index is 1.11. The number of amidine groups is 1. The summed E-state index contributed by atoms with van der Waals surface area (Å²) >= 11 is 0. The lowest BCUT2D eigenvalue weighted by Gasteiger charge is -2.55. The van der Waals surface area contributed by atoms with E-state index in [0.717, 1.165) is 17.9 Å². The minimum Gasteiger partial charge on any atom is -0.341 e. The molecule has 8 aliphatic rings. The van der Waals surface area contributed by atoms with Crippen molar-refractivity contribution in [3.05, 3.63) is 53.8 Å². The maximum atomic E-state index is 14.3. The van der Waals surface area contributed by atoms with Gasteiger partial charge in [-0.25, -0.2) is 12.8 Å². The van der Waals surface area contributed by atoms with Crippen LogP contribution in [-0.2, 0) is 36.2 Å². The van der Waals surface area contributed by atoms with Gasteiger partial charge in [-0.1, -0.05) is 12.1 Å². The molecule has 7 fully saturated rings. The summed E-state index contributed by atoms with van der Waals surface area (Å²) in [6.07, 6.45) is 0.952. The lowest BCUT2D eigenvalue weighted by Crippen LogP contribution is -2.67. The first kappa shape index (κ1) is 24.3. The summed E-state index contributed by atoms with van der Waals surface area (Å²) in [7, 11) is -8.01. The highest BCUT2D eigenvalue weighted by Gasteiger charge is 2.92. The number of hydrogen-bond acceptors (Lipinski definition) is 7. The van der Waals surface area contributed by atoms with Gasteiger partial charge in [0.2, 0.25) is 15.9 Å². The van der Waals surface area contributed by atoms with Gasteiger partial charge in [-0.15, -0.1) is 4.40 Å². The summed E-state index contributed by atoms with van der Waals surface area (Å²) in [4.78, 5) is 30.0. The lowest BCUT2D eigenvalue weighted by atomic mass is 9.57. The van der Waals surface area contributed by atoms with E-state index in [0.29, 0.717) is 35.5 Å². The summed E-state index contributed by atoms with van der Waals surface area (Å²) in [5, 5.41) is 2.93. The van der Waals surface area contributed by atoms with E-state index in [1.807, 2.05) is 0 Å².